The average molecular weight is 456 g/mol. The van der Waals surface area contributed by atoms with Gasteiger partial charge in [0.15, 0.2) is 10.9 Å². The number of likely N-dealkylation sites (tertiary alicyclic amines) is 1. The second-order valence-electron chi connectivity index (χ2n) is 7.39. The smallest absolute Gasteiger partial charge is 0.316 e. The van der Waals surface area contributed by atoms with Crippen molar-refractivity contribution in [2.45, 2.75) is 23.9 Å². The molecule has 1 aliphatic heterocycles. The Bertz CT molecular complexity index is 1090. The van der Waals surface area contributed by atoms with Gasteiger partial charge in [-0.2, -0.15) is 0 Å². The van der Waals surface area contributed by atoms with Gasteiger partial charge in [-0.1, -0.05) is 23.9 Å². The zero-order valence-corrected chi connectivity index (χ0v) is 18.3. The summed E-state index contributed by atoms with van der Waals surface area (Å²) in [5.74, 6) is -0.480. The zero-order valence-electron chi connectivity index (χ0n) is 17.5. The maximum Gasteiger partial charge on any atom is 0.316 e. The number of hydrogen-bond donors (Lipinski definition) is 0. The van der Waals surface area contributed by atoms with Gasteiger partial charge in [-0.25, -0.2) is 14.4 Å². The van der Waals surface area contributed by atoms with E-state index in [2.05, 4.69) is 4.98 Å². The molecule has 2 aromatic heterocycles. The third-order valence-electron chi connectivity index (χ3n) is 5.33. The van der Waals surface area contributed by atoms with Crippen LogP contribution >= 0.6 is 11.8 Å². The second kappa shape index (κ2) is 9.95. The quantitative estimate of drug-likeness (QED) is 0.313. The molecule has 166 valence electrons. The Morgan fingerprint density at radius 1 is 1.28 bits per heavy atom. The molecule has 0 radical (unpaired) electrons. The summed E-state index contributed by atoms with van der Waals surface area (Å²) in [6.45, 7) is 1.11. The van der Waals surface area contributed by atoms with Gasteiger partial charge < -0.3 is 14.1 Å². The lowest BCUT2D eigenvalue weighted by molar-refractivity contribution is -0.137. The number of carbonyl (C=O) groups excluding carboxylic acids is 2. The highest BCUT2D eigenvalue weighted by atomic mass is 32.2. The van der Waals surface area contributed by atoms with Crippen LogP contribution in [0.25, 0.3) is 11.1 Å². The van der Waals surface area contributed by atoms with Crippen LogP contribution in [0.3, 0.4) is 0 Å². The van der Waals surface area contributed by atoms with Crippen LogP contribution in [-0.2, 0) is 9.53 Å². The van der Waals surface area contributed by atoms with E-state index < -0.39 is 0 Å². The summed E-state index contributed by atoms with van der Waals surface area (Å²) >= 11 is 1.19. The van der Waals surface area contributed by atoms with Crippen molar-refractivity contribution in [1.29, 1.82) is 0 Å². The number of furan rings is 1. The van der Waals surface area contributed by atoms with Crippen LogP contribution < -0.4 is 0 Å². The van der Waals surface area contributed by atoms with Crippen LogP contribution in [0.4, 0.5) is 4.39 Å². The lowest BCUT2D eigenvalue weighted by atomic mass is 9.90. The number of esters is 1. The van der Waals surface area contributed by atoms with Gasteiger partial charge in [-0.3, -0.25) is 9.59 Å². The molecule has 1 fully saturated rings. The van der Waals surface area contributed by atoms with Crippen LogP contribution in [0, 0.1) is 5.82 Å². The van der Waals surface area contributed by atoms with Crippen molar-refractivity contribution in [3.8, 4) is 11.1 Å². The topological polar surface area (TPSA) is 85.5 Å². The van der Waals surface area contributed by atoms with E-state index >= 15 is 0 Å². The molecule has 1 saturated heterocycles. The molecule has 9 heteroatoms. The van der Waals surface area contributed by atoms with E-state index in [9.17, 15) is 14.0 Å². The van der Waals surface area contributed by atoms with E-state index in [1.165, 1.54) is 37.3 Å². The lowest BCUT2D eigenvalue weighted by Gasteiger charge is -2.32. The Morgan fingerprint density at radius 3 is 2.81 bits per heavy atom. The molecule has 0 N–H and O–H groups in total. The third-order valence-corrected chi connectivity index (χ3v) is 6.16. The lowest BCUT2D eigenvalue weighted by Crippen LogP contribution is -2.39. The summed E-state index contributed by atoms with van der Waals surface area (Å²) in [5, 5.41) is 0.450. The van der Waals surface area contributed by atoms with Gasteiger partial charge in [0.1, 0.15) is 5.82 Å². The molecular formula is C23H22FN3O4S. The number of thioether (sulfide) groups is 1. The fourth-order valence-electron chi connectivity index (χ4n) is 3.73. The van der Waals surface area contributed by atoms with E-state index in [4.69, 9.17) is 14.1 Å². The van der Waals surface area contributed by atoms with Crippen molar-refractivity contribution in [2.75, 3.05) is 26.0 Å². The van der Waals surface area contributed by atoms with Gasteiger partial charge in [0.2, 0.25) is 0 Å². The number of aromatic nitrogens is 2. The van der Waals surface area contributed by atoms with Gasteiger partial charge in [-0.05, 0) is 42.7 Å². The number of piperidine rings is 1. The first kappa shape index (κ1) is 22.0. The molecule has 3 heterocycles. The Hall–Kier alpha value is -3.20. The standard InChI is InChI=1S/C23H22FN3O4S/c1-30-20(28)14-32-23-25-12-18(15-6-8-17(24)9-7-15)21(26-23)16-4-2-10-27(13-16)22(29)19-5-3-11-31-19/h3,5-9,11-12,16H,2,4,10,13-14H2,1H3. The van der Waals surface area contributed by atoms with Gasteiger partial charge in [0.25, 0.3) is 5.91 Å². The number of amides is 1. The van der Waals surface area contributed by atoms with Crippen molar-refractivity contribution in [3.63, 3.8) is 0 Å². The summed E-state index contributed by atoms with van der Waals surface area (Å²) in [6.07, 6.45) is 4.84. The summed E-state index contributed by atoms with van der Waals surface area (Å²) in [5.41, 5.74) is 2.35. The number of rotatable bonds is 6. The number of ether oxygens (including phenoxy) is 1. The minimum absolute atomic E-state index is 0.0387. The molecule has 0 bridgehead atoms. The molecular weight excluding hydrogens is 433 g/mol. The fraction of sp³-hybridized carbons (Fsp3) is 0.304. The third kappa shape index (κ3) is 4.99. The first-order valence-electron chi connectivity index (χ1n) is 10.2. The molecule has 32 heavy (non-hydrogen) atoms. The van der Waals surface area contributed by atoms with Crippen molar-refractivity contribution in [3.05, 3.63) is 66.1 Å². The minimum Gasteiger partial charge on any atom is -0.468 e. The van der Waals surface area contributed by atoms with Crippen LogP contribution in [0.1, 0.15) is 35.0 Å². The monoisotopic (exact) mass is 455 g/mol. The maximum atomic E-state index is 13.5. The van der Waals surface area contributed by atoms with Crippen molar-refractivity contribution >= 4 is 23.6 Å². The summed E-state index contributed by atoms with van der Waals surface area (Å²) < 4.78 is 23.4. The average Bonchev–Trinajstić information content (AvgIpc) is 3.37. The number of benzene rings is 1. The van der Waals surface area contributed by atoms with E-state index in [1.807, 2.05) is 0 Å². The van der Waals surface area contributed by atoms with Crippen LogP contribution in [-0.4, -0.2) is 52.7 Å². The molecule has 0 saturated carbocycles. The van der Waals surface area contributed by atoms with Gasteiger partial charge in [0.05, 0.1) is 24.8 Å². The molecule has 1 aliphatic rings. The molecule has 1 atom stereocenters. The maximum absolute atomic E-state index is 13.5. The Kier molecular flexibility index (Phi) is 6.84. The predicted molar refractivity (Wildman–Crippen MR) is 117 cm³/mol. The molecule has 7 nitrogen and oxygen atoms in total. The Morgan fingerprint density at radius 2 is 2.09 bits per heavy atom. The molecule has 1 aromatic carbocycles. The van der Waals surface area contributed by atoms with E-state index in [0.29, 0.717) is 24.0 Å². The van der Waals surface area contributed by atoms with E-state index in [0.717, 1.165) is 29.7 Å². The number of hydrogen-bond acceptors (Lipinski definition) is 7. The van der Waals surface area contributed by atoms with Crippen LogP contribution in [0.2, 0.25) is 0 Å². The Labute approximate surface area is 189 Å². The van der Waals surface area contributed by atoms with Crippen molar-refractivity contribution in [2.24, 2.45) is 0 Å². The number of nitrogens with zero attached hydrogens (tertiary/aromatic N) is 3. The minimum atomic E-state index is -0.365. The fourth-order valence-corrected chi connectivity index (χ4v) is 4.39. The number of carbonyl (C=O) groups is 2. The highest BCUT2D eigenvalue weighted by Crippen LogP contribution is 2.34. The number of halogens is 1. The van der Waals surface area contributed by atoms with Gasteiger partial charge in [0, 0.05) is 30.8 Å². The SMILES string of the molecule is COC(=O)CSc1ncc(-c2ccc(F)cc2)c(C2CCCN(C(=O)c3ccco3)C2)n1. The molecule has 0 aliphatic carbocycles. The van der Waals surface area contributed by atoms with Crippen molar-refractivity contribution in [1.82, 2.24) is 14.9 Å². The Balaban J connectivity index is 1.64. The largest absolute Gasteiger partial charge is 0.468 e. The zero-order chi connectivity index (χ0) is 22.5. The normalized spacial score (nSPS) is 16.1. The number of methoxy groups -OCH3 is 1. The predicted octanol–water partition coefficient (Wildman–Crippen LogP) is 4.16. The highest BCUT2D eigenvalue weighted by molar-refractivity contribution is 7.99. The van der Waals surface area contributed by atoms with Crippen molar-refractivity contribution < 1.29 is 23.1 Å². The van der Waals surface area contributed by atoms with Gasteiger partial charge in [-0.15, -0.1) is 0 Å². The van der Waals surface area contributed by atoms with Gasteiger partial charge >= 0.3 is 5.97 Å². The molecule has 4 rings (SSSR count). The highest BCUT2D eigenvalue weighted by Gasteiger charge is 2.29. The molecule has 1 unspecified atom stereocenters. The summed E-state index contributed by atoms with van der Waals surface area (Å²) in [6, 6.07) is 9.51. The first-order chi connectivity index (χ1) is 15.5. The molecule has 1 amide bonds. The van der Waals surface area contributed by atoms with Crippen LogP contribution in [0.15, 0.2) is 58.4 Å². The molecule has 3 aromatic rings. The van der Waals surface area contributed by atoms with E-state index in [1.54, 1.807) is 35.4 Å². The second-order valence-corrected chi connectivity index (χ2v) is 8.33. The summed E-state index contributed by atoms with van der Waals surface area (Å²) in [4.78, 5) is 35.2. The summed E-state index contributed by atoms with van der Waals surface area (Å²) in [7, 11) is 1.33. The van der Waals surface area contributed by atoms with E-state index in [-0.39, 0.29) is 29.4 Å². The molecule has 0 spiro atoms. The first-order valence-corrected chi connectivity index (χ1v) is 11.2. The van der Waals surface area contributed by atoms with Crippen LogP contribution in [0.5, 0.6) is 0 Å².